The highest BCUT2D eigenvalue weighted by Crippen LogP contribution is 2.32. The van der Waals surface area contributed by atoms with Gasteiger partial charge in [0.2, 0.25) is 5.91 Å². The highest BCUT2D eigenvalue weighted by Gasteiger charge is 2.36. The van der Waals surface area contributed by atoms with E-state index in [9.17, 15) is 9.59 Å². The van der Waals surface area contributed by atoms with E-state index >= 15 is 0 Å². The normalized spacial score (nSPS) is 16.5. The van der Waals surface area contributed by atoms with Crippen LogP contribution in [0.1, 0.15) is 53.0 Å². The molecule has 0 N–H and O–H groups in total. The van der Waals surface area contributed by atoms with Crippen LogP contribution < -0.4 is 0 Å². The van der Waals surface area contributed by atoms with Crippen molar-refractivity contribution in [1.82, 2.24) is 4.90 Å². The lowest BCUT2D eigenvalue weighted by molar-refractivity contribution is -0.133. The molecule has 1 aromatic rings. The molecule has 2 aliphatic heterocycles. The van der Waals surface area contributed by atoms with E-state index in [1.165, 1.54) is 10.5 Å². The van der Waals surface area contributed by atoms with Crippen molar-refractivity contribution < 1.29 is 14.3 Å². The van der Waals surface area contributed by atoms with E-state index in [-0.39, 0.29) is 24.5 Å². The lowest BCUT2D eigenvalue weighted by Gasteiger charge is -2.29. The number of nitrogens with zero attached hydrogens (tertiary/aromatic N) is 2. The van der Waals surface area contributed by atoms with Gasteiger partial charge in [-0.25, -0.2) is 15.0 Å². The molecule has 3 rings (SSSR count). The summed E-state index contributed by atoms with van der Waals surface area (Å²) < 4.78 is 4.78. The molecule has 1 atom stereocenters. The lowest BCUT2D eigenvalue weighted by atomic mass is 9.41. The first-order chi connectivity index (χ1) is 14.0. The molecular formula is C23H37BN2O3. The van der Waals surface area contributed by atoms with Gasteiger partial charge in [-0.1, -0.05) is 96.0 Å². The molecule has 0 saturated carbocycles. The Hall–Kier alpha value is -2.29. The van der Waals surface area contributed by atoms with Crippen LogP contribution in [0.4, 0.5) is 4.79 Å². The number of aryl methyl sites for hydroxylation is 1. The summed E-state index contributed by atoms with van der Waals surface area (Å²) in [5, 5.41) is 8.85. The number of ether oxygens (including phenoxy) is 1. The topological polar surface area (TPSA) is 70.4 Å². The summed E-state index contributed by atoms with van der Waals surface area (Å²) in [5.74, 6) is 2.29. The first-order valence-electron chi connectivity index (χ1n) is 10.9. The molecule has 6 heteroatoms. The fourth-order valence-electron chi connectivity index (χ4n) is 3.32. The third-order valence-corrected chi connectivity index (χ3v) is 5.02. The molecule has 0 bridgehead atoms. The molecule has 2 aliphatic rings. The molecule has 5 nitrogen and oxygen atoms in total. The van der Waals surface area contributed by atoms with Crippen molar-refractivity contribution in [3.05, 3.63) is 35.9 Å². The number of imide groups is 1. The van der Waals surface area contributed by atoms with Crippen LogP contribution in [0.2, 0.25) is 12.6 Å². The molecule has 0 radical (unpaired) electrons. The fraction of sp³-hybridized carbons (Fsp3) is 0.609. The van der Waals surface area contributed by atoms with Crippen LogP contribution in [0.25, 0.3) is 0 Å². The van der Waals surface area contributed by atoms with Gasteiger partial charge in [0.15, 0.2) is 0 Å². The molecule has 2 amide bonds. The molecule has 160 valence electrons. The van der Waals surface area contributed by atoms with Gasteiger partial charge < -0.3 is 4.74 Å². The Kier molecular flexibility index (Phi) is 14.4. The van der Waals surface area contributed by atoms with Crippen LogP contribution in [0.3, 0.4) is 0 Å². The number of benzene rings is 1. The summed E-state index contributed by atoms with van der Waals surface area (Å²) in [4.78, 5) is 24.7. The smallest absolute Gasteiger partial charge is 0.416 e. The second-order valence-electron chi connectivity index (χ2n) is 6.79. The van der Waals surface area contributed by atoms with Gasteiger partial charge in [0.25, 0.3) is 6.71 Å². The number of rotatable bonds is 2. The second-order valence-corrected chi connectivity index (χ2v) is 6.79. The maximum atomic E-state index is 12.2. The molecule has 0 spiro atoms. The quantitative estimate of drug-likeness (QED) is 0.605. The monoisotopic (exact) mass is 400 g/mol. The highest BCUT2D eigenvalue weighted by molar-refractivity contribution is 6.67. The molecular weight excluding hydrogens is 363 g/mol. The summed E-state index contributed by atoms with van der Waals surface area (Å²) in [6.45, 7) is 12.8. The van der Waals surface area contributed by atoms with Crippen molar-refractivity contribution in [3.8, 4) is 5.97 Å². The maximum absolute atomic E-state index is 12.2. The Labute approximate surface area is 177 Å². The van der Waals surface area contributed by atoms with Crippen molar-refractivity contribution in [3.63, 3.8) is 0 Å². The van der Waals surface area contributed by atoms with E-state index in [2.05, 4.69) is 25.0 Å². The predicted molar refractivity (Wildman–Crippen MR) is 120 cm³/mol. The molecule has 2 saturated heterocycles. The maximum Gasteiger partial charge on any atom is 0.416 e. The van der Waals surface area contributed by atoms with Gasteiger partial charge in [-0.3, -0.25) is 4.79 Å². The van der Waals surface area contributed by atoms with Crippen LogP contribution in [0, 0.1) is 30.0 Å². The van der Waals surface area contributed by atoms with E-state index in [0.717, 1.165) is 25.5 Å². The minimum Gasteiger partial charge on any atom is -0.447 e. The molecule has 0 aromatic heterocycles. The summed E-state index contributed by atoms with van der Waals surface area (Å²) in [7, 11) is 0. The van der Waals surface area contributed by atoms with Crippen molar-refractivity contribution in [1.29, 1.82) is 5.26 Å². The molecule has 29 heavy (non-hydrogen) atoms. The van der Waals surface area contributed by atoms with Gasteiger partial charge in [0, 0.05) is 11.9 Å². The Morgan fingerprint density at radius 1 is 1.17 bits per heavy atom. The second kappa shape index (κ2) is 15.6. The van der Waals surface area contributed by atoms with E-state index in [4.69, 9.17) is 10.00 Å². The first-order valence-corrected chi connectivity index (χ1v) is 10.9. The SMILES string of the molecule is CC.CC.C[C@H](C(=O)N1CCOC1=O)C1CCB(C#N)CC1.Cc1ccccc1. The van der Waals surface area contributed by atoms with Crippen molar-refractivity contribution >= 4 is 18.7 Å². The number of hydrogen-bond acceptors (Lipinski definition) is 4. The van der Waals surface area contributed by atoms with E-state index in [1.54, 1.807) is 0 Å². The lowest BCUT2D eigenvalue weighted by Crippen LogP contribution is -2.39. The zero-order valence-corrected chi connectivity index (χ0v) is 19.0. The van der Waals surface area contributed by atoms with Crippen LogP contribution >= 0.6 is 0 Å². The van der Waals surface area contributed by atoms with Crippen molar-refractivity contribution in [2.45, 2.75) is 67.0 Å². The van der Waals surface area contributed by atoms with Gasteiger partial charge in [-0.15, -0.1) is 0 Å². The number of amides is 2. The minimum absolute atomic E-state index is 0.127. The molecule has 0 aliphatic carbocycles. The minimum atomic E-state index is -0.516. The van der Waals surface area contributed by atoms with Gasteiger partial charge in [-0.2, -0.15) is 0 Å². The third-order valence-electron chi connectivity index (χ3n) is 5.02. The van der Waals surface area contributed by atoms with Gasteiger partial charge in [-0.05, 0) is 12.8 Å². The van der Waals surface area contributed by atoms with Crippen LogP contribution in [-0.2, 0) is 9.53 Å². The third kappa shape index (κ3) is 9.17. The molecule has 0 unspecified atom stereocenters. The zero-order chi connectivity index (χ0) is 22.2. The number of nitriles is 1. The van der Waals surface area contributed by atoms with E-state index in [1.807, 2.05) is 52.8 Å². The predicted octanol–water partition coefficient (Wildman–Crippen LogP) is 5.62. The standard InChI is InChI=1S/C12H17BN2O3.C7H8.2C2H6/c1-9(10-2-4-13(8-14)5-3-10)11(16)15-6-7-18-12(15)17;1-7-5-3-2-4-6-7;2*1-2/h9-10H,2-7H2,1H3;2-6H,1H3;2*1-2H3/t9-;;;/m0.../s1. The fourth-order valence-corrected chi connectivity index (χ4v) is 3.32. The summed E-state index contributed by atoms with van der Waals surface area (Å²) in [6, 6.07) is 10.3. The van der Waals surface area contributed by atoms with Crippen molar-refractivity contribution in [2.75, 3.05) is 13.2 Å². The summed E-state index contributed by atoms with van der Waals surface area (Å²) in [5.41, 5.74) is 1.32. The van der Waals surface area contributed by atoms with Crippen LogP contribution in [0.15, 0.2) is 30.3 Å². The zero-order valence-electron chi connectivity index (χ0n) is 19.0. The van der Waals surface area contributed by atoms with Gasteiger partial charge >= 0.3 is 6.09 Å². The highest BCUT2D eigenvalue weighted by atomic mass is 16.6. The number of cyclic esters (lactones) is 1. The number of hydrogen-bond donors (Lipinski definition) is 0. The average molecular weight is 400 g/mol. The first kappa shape index (κ1) is 26.7. The van der Waals surface area contributed by atoms with Crippen LogP contribution in [-0.4, -0.2) is 36.8 Å². The average Bonchev–Trinajstić information content (AvgIpc) is 3.22. The van der Waals surface area contributed by atoms with E-state index < -0.39 is 6.09 Å². The Bertz CT molecular complexity index is 623. The Morgan fingerprint density at radius 2 is 1.72 bits per heavy atom. The van der Waals surface area contributed by atoms with Crippen molar-refractivity contribution in [2.24, 2.45) is 11.8 Å². The largest absolute Gasteiger partial charge is 0.447 e. The number of carbonyl (C=O) groups excluding carboxylic acids is 2. The number of carbonyl (C=O) groups is 2. The van der Waals surface area contributed by atoms with Gasteiger partial charge in [0.1, 0.15) is 6.61 Å². The summed E-state index contributed by atoms with van der Waals surface area (Å²) in [6.07, 6.45) is 3.01. The van der Waals surface area contributed by atoms with E-state index in [0.29, 0.717) is 13.2 Å². The Balaban J connectivity index is 0.000000593. The molecule has 2 fully saturated rings. The van der Waals surface area contributed by atoms with Crippen LogP contribution in [0.5, 0.6) is 0 Å². The molecule has 2 heterocycles. The molecule has 1 aromatic carbocycles. The Morgan fingerprint density at radius 3 is 2.10 bits per heavy atom. The summed E-state index contributed by atoms with van der Waals surface area (Å²) >= 11 is 0. The van der Waals surface area contributed by atoms with Gasteiger partial charge in [0.05, 0.1) is 6.54 Å².